The molecule has 19 heavy (non-hydrogen) atoms. The minimum atomic E-state index is -0.468. The van der Waals surface area contributed by atoms with Gasteiger partial charge in [0.05, 0.1) is 12.7 Å². The molecule has 2 aromatic rings. The summed E-state index contributed by atoms with van der Waals surface area (Å²) in [6.45, 7) is 0.724. The van der Waals surface area contributed by atoms with Gasteiger partial charge in [0, 0.05) is 12.4 Å². The first-order valence-corrected chi connectivity index (χ1v) is 6.64. The fraction of sp³-hybridized carbons (Fsp3) is 0.312. The lowest BCUT2D eigenvalue weighted by atomic mass is 9.87. The summed E-state index contributed by atoms with van der Waals surface area (Å²) in [5.41, 5.74) is 2.09. The number of hydrogen-bond donors (Lipinski definition) is 1. The molecule has 0 radical (unpaired) electrons. The van der Waals surface area contributed by atoms with E-state index in [9.17, 15) is 5.11 Å². The highest BCUT2D eigenvalue weighted by Gasteiger charge is 2.24. The Morgan fingerprint density at radius 1 is 1.26 bits per heavy atom. The fourth-order valence-electron chi connectivity index (χ4n) is 2.64. The second kappa shape index (κ2) is 5.41. The largest absolute Gasteiger partial charge is 0.493 e. The highest BCUT2D eigenvalue weighted by atomic mass is 16.5. The molecule has 1 aliphatic rings. The van der Waals surface area contributed by atoms with Crippen LogP contribution in [0.15, 0.2) is 48.8 Å². The third-order valence-electron chi connectivity index (χ3n) is 3.66. The highest BCUT2D eigenvalue weighted by Crippen LogP contribution is 2.38. The maximum absolute atomic E-state index is 10.3. The molecule has 3 heteroatoms. The highest BCUT2D eigenvalue weighted by molar-refractivity contribution is 5.38. The topological polar surface area (TPSA) is 42.4 Å². The lowest BCUT2D eigenvalue weighted by Gasteiger charge is -2.27. The van der Waals surface area contributed by atoms with Crippen LogP contribution in [0.2, 0.25) is 0 Å². The normalized spacial score (nSPS) is 19.3. The number of pyridine rings is 1. The summed E-state index contributed by atoms with van der Waals surface area (Å²) in [5.74, 6) is 1.30. The van der Waals surface area contributed by atoms with Crippen LogP contribution in [0.4, 0.5) is 0 Å². The number of benzene rings is 1. The molecule has 1 aliphatic heterocycles. The van der Waals surface area contributed by atoms with Gasteiger partial charge in [-0.1, -0.05) is 24.3 Å². The van der Waals surface area contributed by atoms with E-state index in [2.05, 4.69) is 11.1 Å². The zero-order valence-corrected chi connectivity index (χ0v) is 10.7. The minimum Gasteiger partial charge on any atom is -0.493 e. The molecule has 98 valence electrons. The van der Waals surface area contributed by atoms with Crippen molar-refractivity contribution in [2.45, 2.75) is 24.9 Å². The average Bonchev–Trinajstić information content (AvgIpc) is 2.48. The van der Waals surface area contributed by atoms with E-state index in [-0.39, 0.29) is 0 Å². The van der Waals surface area contributed by atoms with Crippen molar-refractivity contribution in [2.24, 2.45) is 0 Å². The van der Waals surface area contributed by atoms with Crippen LogP contribution in [0.5, 0.6) is 5.75 Å². The number of aliphatic hydroxyl groups excluding tert-OH is 1. The molecule has 0 bridgehead atoms. The molecule has 1 aromatic heterocycles. The number of aliphatic hydroxyl groups is 1. The van der Waals surface area contributed by atoms with Crippen LogP contribution in [0.3, 0.4) is 0 Å². The number of rotatable bonds is 3. The van der Waals surface area contributed by atoms with Gasteiger partial charge in [0.25, 0.3) is 0 Å². The predicted molar refractivity (Wildman–Crippen MR) is 73.1 cm³/mol. The molecule has 0 saturated heterocycles. The van der Waals surface area contributed by atoms with Crippen molar-refractivity contribution >= 4 is 0 Å². The van der Waals surface area contributed by atoms with Crippen molar-refractivity contribution in [1.82, 2.24) is 4.98 Å². The van der Waals surface area contributed by atoms with Gasteiger partial charge in [0.2, 0.25) is 0 Å². The number of nitrogens with zero attached hydrogens (tertiary/aromatic N) is 1. The maximum Gasteiger partial charge on any atom is 0.122 e. The molecular formula is C16H17NO2. The lowest BCUT2D eigenvalue weighted by Crippen LogP contribution is -2.16. The van der Waals surface area contributed by atoms with E-state index in [4.69, 9.17) is 4.74 Å². The van der Waals surface area contributed by atoms with Crippen LogP contribution in [0, 0.1) is 0 Å². The van der Waals surface area contributed by atoms with Crippen LogP contribution >= 0.6 is 0 Å². The van der Waals surface area contributed by atoms with Gasteiger partial charge < -0.3 is 9.84 Å². The molecule has 0 amide bonds. The van der Waals surface area contributed by atoms with E-state index in [1.165, 1.54) is 5.56 Å². The van der Waals surface area contributed by atoms with Crippen molar-refractivity contribution in [3.05, 3.63) is 59.9 Å². The standard InChI is InChI=1S/C16H17NO2/c18-15(13-4-3-8-17-11-13)10-12-7-9-19-16-6-2-1-5-14(12)16/h1-6,8,11-12,15,18H,7,9-10H2. The Kier molecular flexibility index (Phi) is 3.47. The molecule has 3 nitrogen and oxygen atoms in total. The van der Waals surface area contributed by atoms with Crippen LogP contribution in [0.25, 0.3) is 0 Å². The zero-order chi connectivity index (χ0) is 13.1. The third-order valence-corrected chi connectivity index (χ3v) is 3.66. The van der Waals surface area contributed by atoms with Crippen molar-refractivity contribution in [3.8, 4) is 5.75 Å². The van der Waals surface area contributed by atoms with Gasteiger partial charge in [-0.25, -0.2) is 0 Å². The van der Waals surface area contributed by atoms with E-state index >= 15 is 0 Å². The minimum absolute atomic E-state index is 0.347. The van der Waals surface area contributed by atoms with Gasteiger partial charge in [0.1, 0.15) is 5.75 Å². The van der Waals surface area contributed by atoms with Crippen LogP contribution < -0.4 is 4.74 Å². The summed E-state index contributed by atoms with van der Waals surface area (Å²) in [4.78, 5) is 4.06. The first-order chi connectivity index (χ1) is 9.34. The molecule has 0 aliphatic carbocycles. The number of aromatic nitrogens is 1. The Balaban J connectivity index is 1.78. The van der Waals surface area contributed by atoms with Gasteiger partial charge in [-0.15, -0.1) is 0 Å². The van der Waals surface area contributed by atoms with E-state index in [1.54, 1.807) is 12.4 Å². The molecule has 0 spiro atoms. The fourth-order valence-corrected chi connectivity index (χ4v) is 2.64. The quantitative estimate of drug-likeness (QED) is 0.916. The second-order valence-corrected chi connectivity index (χ2v) is 4.91. The SMILES string of the molecule is OC(CC1CCOc2ccccc21)c1cccnc1. The van der Waals surface area contributed by atoms with E-state index in [1.807, 2.05) is 30.3 Å². The van der Waals surface area contributed by atoms with Gasteiger partial charge in [-0.3, -0.25) is 4.98 Å². The van der Waals surface area contributed by atoms with Crippen molar-refractivity contribution in [2.75, 3.05) is 6.61 Å². The third kappa shape index (κ3) is 2.61. The van der Waals surface area contributed by atoms with Gasteiger partial charge in [-0.05, 0) is 42.0 Å². The Morgan fingerprint density at radius 3 is 3.00 bits per heavy atom. The second-order valence-electron chi connectivity index (χ2n) is 4.91. The maximum atomic E-state index is 10.3. The molecule has 0 saturated carbocycles. The van der Waals surface area contributed by atoms with Crippen molar-refractivity contribution in [1.29, 1.82) is 0 Å². The lowest BCUT2D eigenvalue weighted by molar-refractivity contribution is 0.144. The van der Waals surface area contributed by atoms with E-state index in [0.717, 1.165) is 24.3 Å². The molecule has 2 heterocycles. The van der Waals surface area contributed by atoms with Crippen LogP contribution in [-0.4, -0.2) is 16.7 Å². The smallest absolute Gasteiger partial charge is 0.122 e. The first kappa shape index (κ1) is 12.2. The summed E-state index contributed by atoms with van der Waals surface area (Å²) in [6, 6.07) is 11.9. The number of hydrogen-bond acceptors (Lipinski definition) is 3. The molecule has 1 aromatic carbocycles. The summed E-state index contributed by atoms with van der Waals surface area (Å²) >= 11 is 0. The summed E-state index contributed by atoms with van der Waals surface area (Å²) in [6.07, 6.45) is 4.65. The number of para-hydroxylation sites is 1. The Bertz CT molecular complexity index is 541. The summed E-state index contributed by atoms with van der Waals surface area (Å²) < 4.78 is 5.65. The van der Waals surface area contributed by atoms with Crippen LogP contribution in [0.1, 0.15) is 36.0 Å². The van der Waals surface area contributed by atoms with Gasteiger partial charge in [-0.2, -0.15) is 0 Å². The van der Waals surface area contributed by atoms with Crippen molar-refractivity contribution in [3.63, 3.8) is 0 Å². The monoisotopic (exact) mass is 255 g/mol. The molecule has 2 atom stereocenters. The van der Waals surface area contributed by atoms with E-state index < -0.39 is 6.10 Å². The molecule has 3 rings (SSSR count). The average molecular weight is 255 g/mol. The Morgan fingerprint density at radius 2 is 2.16 bits per heavy atom. The molecular weight excluding hydrogens is 238 g/mol. The summed E-state index contributed by atoms with van der Waals surface area (Å²) in [5, 5.41) is 10.3. The molecule has 2 unspecified atom stereocenters. The summed E-state index contributed by atoms with van der Waals surface area (Å²) in [7, 11) is 0. The predicted octanol–water partition coefficient (Wildman–Crippen LogP) is 3.07. The zero-order valence-electron chi connectivity index (χ0n) is 10.7. The Labute approximate surface area is 112 Å². The number of fused-ring (bicyclic) bond motifs is 1. The number of ether oxygens (including phenoxy) is 1. The first-order valence-electron chi connectivity index (χ1n) is 6.64. The van der Waals surface area contributed by atoms with Crippen LogP contribution in [-0.2, 0) is 0 Å². The van der Waals surface area contributed by atoms with Gasteiger partial charge in [0.15, 0.2) is 0 Å². The van der Waals surface area contributed by atoms with Gasteiger partial charge >= 0.3 is 0 Å². The molecule has 1 N–H and O–H groups in total. The molecule has 0 fully saturated rings. The van der Waals surface area contributed by atoms with Crippen molar-refractivity contribution < 1.29 is 9.84 Å². The van der Waals surface area contributed by atoms with E-state index in [0.29, 0.717) is 12.3 Å². The Hall–Kier alpha value is -1.87.